The van der Waals surface area contributed by atoms with E-state index in [0.29, 0.717) is 13.1 Å². The van der Waals surface area contributed by atoms with Crippen molar-refractivity contribution in [1.82, 2.24) is 10.2 Å². The number of anilines is 1. The predicted molar refractivity (Wildman–Crippen MR) is 104 cm³/mol. The molecule has 2 aliphatic heterocycles. The van der Waals surface area contributed by atoms with Crippen molar-refractivity contribution in [3.8, 4) is 0 Å². The largest absolute Gasteiger partial charge is 0.391 e. The number of hydrogen-bond acceptors (Lipinski definition) is 3. The van der Waals surface area contributed by atoms with Gasteiger partial charge in [-0.15, -0.1) is 0 Å². The molecule has 2 heterocycles. The van der Waals surface area contributed by atoms with Crippen LogP contribution in [0.5, 0.6) is 0 Å². The standard InChI is InChI=1S/C20H32N4O/c1-3-21-20(24-13-10-19(25)15-24)22-14-17-4-6-18(7-5-17)23-11-8-16(2)9-12-23/h4-7,16,19,25H,3,8-15H2,1-2H3,(H,21,22)/t19-/m1/s1. The summed E-state index contributed by atoms with van der Waals surface area (Å²) in [4.78, 5) is 9.40. The van der Waals surface area contributed by atoms with Crippen molar-refractivity contribution >= 4 is 11.6 Å². The van der Waals surface area contributed by atoms with Crippen molar-refractivity contribution in [3.05, 3.63) is 29.8 Å². The summed E-state index contributed by atoms with van der Waals surface area (Å²) in [5.41, 5.74) is 2.55. The summed E-state index contributed by atoms with van der Waals surface area (Å²) in [5, 5.41) is 13.1. The van der Waals surface area contributed by atoms with Crippen molar-refractivity contribution in [2.45, 2.75) is 45.8 Å². The van der Waals surface area contributed by atoms with E-state index < -0.39 is 0 Å². The Labute approximate surface area is 151 Å². The maximum atomic E-state index is 9.74. The number of guanidine groups is 1. The van der Waals surface area contributed by atoms with Crippen LogP contribution in [0.2, 0.25) is 0 Å². The van der Waals surface area contributed by atoms with Gasteiger partial charge in [0.1, 0.15) is 0 Å². The molecule has 0 unspecified atom stereocenters. The van der Waals surface area contributed by atoms with Gasteiger partial charge in [-0.1, -0.05) is 19.1 Å². The van der Waals surface area contributed by atoms with Gasteiger partial charge in [0.2, 0.25) is 0 Å². The van der Waals surface area contributed by atoms with E-state index in [1.54, 1.807) is 0 Å². The SMILES string of the molecule is CCNC(=NCc1ccc(N2CCC(C)CC2)cc1)N1CC[C@@H](O)C1. The number of likely N-dealkylation sites (tertiary alicyclic amines) is 1. The molecule has 0 bridgehead atoms. The number of aliphatic imine (C=N–C) groups is 1. The van der Waals surface area contributed by atoms with Crippen LogP contribution < -0.4 is 10.2 Å². The number of nitrogens with one attached hydrogen (secondary N) is 1. The van der Waals surface area contributed by atoms with Crippen molar-refractivity contribution in [3.63, 3.8) is 0 Å². The highest BCUT2D eigenvalue weighted by molar-refractivity contribution is 5.80. The summed E-state index contributed by atoms with van der Waals surface area (Å²) in [5.74, 6) is 1.77. The molecule has 2 N–H and O–H groups in total. The zero-order chi connectivity index (χ0) is 17.6. The van der Waals surface area contributed by atoms with E-state index in [2.05, 4.69) is 53.2 Å². The molecule has 1 aromatic rings. The molecule has 2 saturated heterocycles. The van der Waals surface area contributed by atoms with Crippen molar-refractivity contribution < 1.29 is 5.11 Å². The van der Waals surface area contributed by atoms with Crippen LogP contribution in [0, 0.1) is 5.92 Å². The second kappa shape index (κ2) is 8.56. The predicted octanol–water partition coefficient (Wildman–Crippen LogP) is 2.46. The number of nitrogens with zero attached hydrogens (tertiary/aromatic N) is 3. The first-order valence-electron chi connectivity index (χ1n) is 9.71. The Hall–Kier alpha value is -1.75. The van der Waals surface area contributed by atoms with Gasteiger partial charge >= 0.3 is 0 Å². The molecule has 3 rings (SSSR count). The van der Waals surface area contributed by atoms with Crippen molar-refractivity contribution in [1.29, 1.82) is 0 Å². The molecular weight excluding hydrogens is 312 g/mol. The lowest BCUT2D eigenvalue weighted by Gasteiger charge is -2.32. The molecule has 0 amide bonds. The fourth-order valence-corrected chi connectivity index (χ4v) is 3.61. The van der Waals surface area contributed by atoms with Gasteiger partial charge in [-0.2, -0.15) is 0 Å². The van der Waals surface area contributed by atoms with E-state index in [-0.39, 0.29) is 6.10 Å². The number of benzene rings is 1. The average molecular weight is 345 g/mol. The van der Waals surface area contributed by atoms with Gasteiger partial charge in [-0.25, -0.2) is 4.99 Å². The lowest BCUT2D eigenvalue weighted by molar-refractivity contribution is 0.188. The second-order valence-corrected chi connectivity index (χ2v) is 7.39. The normalized spacial score (nSPS) is 22.5. The Balaban J connectivity index is 1.59. The van der Waals surface area contributed by atoms with Crippen LogP contribution in [-0.4, -0.2) is 54.8 Å². The first-order chi connectivity index (χ1) is 12.2. The summed E-state index contributed by atoms with van der Waals surface area (Å²) in [6, 6.07) is 8.85. The topological polar surface area (TPSA) is 51.1 Å². The minimum Gasteiger partial charge on any atom is -0.391 e. The molecule has 1 atom stereocenters. The maximum absolute atomic E-state index is 9.74. The highest BCUT2D eigenvalue weighted by Gasteiger charge is 2.22. The Morgan fingerprint density at radius 3 is 2.48 bits per heavy atom. The molecule has 0 saturated carbocycles. The Bertz CT molecular complexity index is 564. The number of piperidine rings is 1. The van der Waals surface area contributed by atoms with Crippen LogP contribution in [0.1, 0.15) is 38.7 Å². The fourth-order valence-electron chi connectivity index (χ4n) is 3.61. The smallest absolute Gasteiger partial charge is 0.194 e. The minimum atomic E-state index is -0.226. The Morgan fingerprint density at radius 2 is 1.88 bits per heavy atom. The molecule has 1 aromatic carbocycles. The van der Waals surface area contributed by atoms with Gasteiger partial charge < -0.3 is 20.2 Å². The summed E-state index contributed by atoms with van der Waals surface area (Å²) in [6.07, 6.45) is 3.18. The van der Waals surface area contributed by atoms with E-state index in [1.807, 2.05) is 0 Å². The lowest BCUT2D eigenvalue weighted by Crippen LogP contribution is -2.40. The van der Waals surface area contributed by atoms with Crippen molar-refractivity contribution in [2.24, 2.45) is 10.9 Å². The number of β-amino-alcohol motifs (C(OH)–C–C–N with tert-alkyl or cyclic N) is 1. The molecule has 138 valence electrons. The second-order valence-electron chi connectivity index (χ2n) is 7.39. The Kier molecular flexibility index (Phi) is 6.19. The van der Waals surface area contributed by atoms with Crippen molar-refractivity contribution in [2.75, 3.05) is 37.6 Å². The van der Waals surface area contributed by atoms with Crippen LogP contribution in [0.25, 0.3) is 0 Å². The number of hydrogen-bond donors (Lipinski definition) is 2. The monoisotopic (exact) mass is 344 g/mol. The number of aliphatic hydroxyl groups is 1. The molecule has 5 heteroatoms. The van der Waals surface area contributed by atoms with E-state index in [4.69, 9.17) is 4.99 Å². The van der Waals surface area contributed by atoms with Crippen LogP contribution in [0.3, 0.4) is 0 Å². The van der Waals surface area contributed by atoms with E-state index in [1.165, 1.54) is 37.2 Å². The summed E-state index contributed by atoms with van der Waals surface area (Å²) in [6.45, 7) is 9.83. The van der Waals surface area contributed by atoms with Crippen LogP contribution in [0.4, 0.5) is 5.69 Å². The molecule has 0 radical (unpaired) electrons. The molecule has 25 heavy (non-hydrogen) atoms. The molecule has 5 nitrogen and oxygen atoms in total. The molecule has 0 aromatic heterocycles. The third-order valence-electron chi connectivity index (χ3n) is 5.29. The van der Waals surface area contributed by atoms with Gasteiger partial charge in [0.05, 0.1) is 12.6 Å². The van der Waals surface area contributed by atoms with E-state index in [9.17, 15) is 5.11 Å². The fraction of sp³-hybridized carbons (Fsp3) is 0.650. The molecule has 0 aliphatic carbocycles. The average Bonchev–Trinajstić information content (AvgIpc) is 3.06. The van der Waals surface area contributed by atoms with Gasteiger partial charge in [0, 0.05) is 38.4 Å². The maximum Gasteiger partial charge on any atom is 0.194 e. The molecule has 0 spiro atoms. The molecule has 2 aliphatic rings. The van der Waals surface area contributed by atoms with Crippen LogP contribution in [0.15, 0.2) is 29.3 Å². The van der Waals surface area contributed by atoms with E-state index in [0.717, 1.165) is 31.4 Å². The highest BCUT2D eigenvalue weighted by Crippen LogP contribution is 2.23. The first-order valence-corrected chi connectivity index (χ1v) is 9.71. The van der Waals surface area contributed by atoms with Crippen LogP contribution in [-0.2, 0) is 6.54 Å². The zero-order valence-electron chi connectivity index (χ0n) is 15.6. The third kappa shape index (κ3) is 4.88. The lowest BCUT2D eigenvalue weighted by atomic mass is 9.99. The van der Waals surface area contributed by atoms with Gasteiger partial charge in [0.25, 0.3) is 0 Å². The minimum absolute atomic E-state index is 0.226. The molecular formula is C20H32N4O. The highest BCUT2D eigenvalue weighted by atomic mass is 16.3. The Morgan fingerprint density at radius 1 is 1.16 bits per heavy atom. The zero-order valence-corrected chi connectivity index (χ0v) is 15.6. The van der Waals surface area contributed by atoms with Gasteiger partial charge in [0.15, 0.2) is 5.96 Å². The molecule has 2 fully saturated rings. The van der Waals surface area contributed by atoms with Gasteiger partial charge in [-0.3, -0.25) is 0 Å². The number of aliphatic hydroxyl groups excluding tert-OH is 1. The quantitative estimate of drug-likeness (QED) is 0.651. The third-order valence-corrected chi connectivity index (χ3v) is 5.29. The van der Waals surface area contributed by atoms with Gasteiger partial charge in [-0.05, 0) is 49.8 Å². The van der Waals surface area contributed by atoms with E-state index >= 15 is 0 Å². The summed E-state index contributed by atoms with van der Waals surface area (Å²) < 4.78 is 0. The van der Waals surface area contributed by atoms with Crippen LogP contribution >= 0.6 is 0 Å². The number of rotatable bonds is 4. The first kappa shape index (κ1) is 18.1. The summed E-state index contributed by atoms with van der Waals surface area (Å²) >= 11 is 0. The summed E-state index contributed by atoms with van der Waals surface area (Å²) in [7, 11) is 0.